The lowest BCUT2D eigenvalue weighted by atomic mass is 10.2. The third-order valence-electron chi connectivity index (χ3n) is 6.54. The van der Waals surface area contributed by atoms with Crippen molar-refractivity contribution in [3.63, 3.8) is 0 Å². The largest absolute Gasteiger partial charge is 0.480 e. The monoisotopic (exact) mass is 690 g/mol. The van der Waals surface area contributed by atoms with Gasteiger partial charge in [-0.05, 0) is 49.4 Å². The number of amides is 2. The maximum absolute atomic E-state index is 13.6. The minimum Gasteiger partial charge on any atom is -0.480 e. The molecule has 2 aromatic heterocycles. The summed E-state index contributed by atoms with van der Waals surface area (Å²) >= 11 is 3.31. The lowest BCUT2D eigenvalue weighted by Gasteiger charge is -2.17. The second kappa shape index (κ2) is 12.5. The van der Waals surface area contributed by atoms with E-state index in [2.05, 4.69) is 4.90 Å². The molecule has 1 fully saturated rings. The first-order chi connectivity index (χ1) is 21.3. The zero-order valence-corrected chi connectivity index (χ0v) is 26.6. The van der Waals surface area contributed by atoms with Crippen LogP contribution in [0.1, 0.15) is 13.8 Å². The quantitative estimate of drug-likeness (QED) is 0.305. The Morgan fingerprint density at radius 2 is 1.42 bits per heavy atom. The highest BCUT2D eigenvalue weighted by Crippen LogP contribution is 2.45. The van der Waals surface area contributed by atoms with Gasteiger partial charge in [0.25, 0.3) is 22.3 Å². The first kappa shape index (κ1) is 32.0. The van der Waals surface area contributed by atoms with Crippen molar-refractivity contribution in [2.45, 2.75) is 31.8 Å². The molecule has 0 aliphatic carbocycles. The van der Waals surface area contributed by atoms with Crippen LogP contribution in [0.25, 0.3) is 10.5 Å². The molecular formula is C27H22N4O10S4. The van der Waals surface area contributed by atoms with Crippen molar-refractivity contribution >= 4 is 91.4 Å². The molecule has 5 rings (SSSR count). The molecule has 3 aromatic rings. The fraction of sp³-hybridized carbons (Fsp3) is 0.222. The van der Waals surface area contributed by atoms with E-state index < -0.39 is 59.8 Å². The molecule has 2 aliphatic rings. The fourth-order valence-corrected chi connectivity index (χ4v) is 9.27. The number of fused-ring (bicyclic) bond motifs is 1. The molecule has 0 radical (unpaired) electrons. The number of carbonyl (C=O) groups is 5. The van der Waals surface area contributed by atoms with Crippen molar-refractivity contribution in [2.75, 3.05) is 18.0 Å². The van der Waals surface area contributed by atoms with Crippen LogP contribution < -0.4 is 25.2 Å². The molecule has 14 nitrogen and oxygen atoms in total. The molecule has 2 aliphatic heterocycles. The fourth-order valence-electron chi connectivity index (χ4n) is 4.64. The zero-order chi connectivity index (χ0) is 32.7. The molecule has 234 valence electrons. The number of thiazole rings is 2. The molecule has 4 heterocycles. The van der Waals surface area contributed by atoms with E-state index in [9.17, 15) is 43.8 Å². The Morgan fingerprint density at radius 3 is 2.04 bits per heavy atom. The van der Waals surface area contributed by atoms with Gasteiger partial charge >= 0.3 is 17.9 Å². The summed E-state index contributed by atoms with van der Waals surface area (Å²) in [6.45, 7) is 1.64. The maximum atomic E-state index is 13.6. The van der Waals surface area contributed by atoms with Gasteiger partial charge in [0, 0.05) is 11.4 Å². The van der Waals surface area contributed by atoms with Crippen LogP contribution in [0.4, 0.5) is 10.5 Å². The number of carbonyl (C=O) groups excluding carboxylic acids is 2. The predicted molar refractivity (Wildman–Crippen MR) is 168 cm³/mol. The molecule has 1 aromatic carbocycles. The van der Waals surface area contributed by atoms with E-state index in [0.717, 1.165) is 36.1 Å². The van der Waals surface area contributed by atoms with Gasteiger partial charge in [-0.1, -0.05) is 23.9 Å². The van der Waals surface area contributed by atoms with Gasteiger partial charge in [-0.15, -0.1) is 22.7 Å². The summed E-state index contributed by atoms with van der Waals surface area (Å²) in [5.74, 6) is -5.30. The average molecular weight is 691 g/mol. The molecule has 45 heavy (non-hydrogen) atoms. The maximum Gasteiger partial charge on any atom is 0.323 e. The topological polar surface area (TPSA) is 197 Å². The van der Waals surface area contributed by atoms with Gasteiger partial charge in [-0.3, -0.25) is 47.6 Å². The van der Waals surface area contributed by atoms with Crippen molar-refractivity contribution in [1.82, 2.24) is 14.0 Å². The zero-order valence-electron chi connectivity index (χ0n) is 23.3. The van der Waals surface area contributed by atoms with Crippen molar-refractivity contribution in [3.05, 3.63) is 74.5 Å². The van der Waals surface area contributed by atoms with E-state index in [1.165, 1.54) is 11.8 Å². The van der Waals surface area contributed by atoms with Crippen LogP contribution in [0.15, 0.2) is 49.9 Å². The molecule has 0 atom stereocenters. The number of anilines is 1. The summed E-state index contributed by atoms with van der Waals surface area (Å²) in [4.78, 5) is 90.5. The van der Waals surface area contributed by atoms with E-state index in [4.69, 9.17) is 5.11 Å². The van der Waals surface area contributed by atoms with Gasteiger partial charge in [-0.25, -0.2) is 0 Å². The summed E-state index contributed by atoms with van der Waals surface area (Å²) in [5.41, 5.74) is -0.111. The SMILES string of the molecule is CCN1C(=CC(C)=c2s/c(=c3/s/c(=C4/SC(=O)N(CC(=O)O)C4=O)n(CC(=O)O)c3=O)n(CC(=O)O)c2=O)Sc2ccccc21. The van der Waals surface area contributed by atoms with Crippen molar-refractivity contribution in [1.29, 1.82) is 0 Å². The number of thioether (sulfide) groups is 2. The average Bonchev–Trinajstić information content (AvgIpc) is 3.66. The van der Waals surface area contributed by atoms with Gasteiger partial charge < -0.3 is 20.2 Å². The van der Waals surface area contributed by atoms with Crippen molar-refractivity contribution < 1.29 is 39.3 Å². The number of carboxylic acid groups (broad SMARTS) is 3. The van der Waals surface area contributed by atoms with Crippen molar-refractivity contribution in [2.24, 2.45) is 0 Å². The third kappa shape index (κ3) is 6.00. The molecule has 2 amide bonds. The molecular weight excluding hydrogens is 669 g/mol. The first-order valence-electron chi connectivity index (χ1n) is 13.0. The summed E-state index contributed by atoms with van der Waals surface area (Å²) < 4.78 is 1.25. The van der Waals surface area contributed by atoms with Crippen molar-refractivity contribution in [3.8, 4) is 0 Å². The molecule has 0 saturated carbocycles. The van der Waals surface area contributed by atoms with Crippen LogP contribution in [0.5, 0.6) is 0 Å². The molecule has 0 bridgehead atoms. The standard InChI is InChI=1S/C27H22N4O10S4/c1-3-28-13-6-4-5-7-14(13)42-15(28)8-12(2)19-22(38)29(9-16(32)33)25(43-19)20-23(39)30(10-17(34)35)26(44-20)21-24(40)31(11-18(36)37)27(41)45-21/h4-8H,3,9-11H2,1-2H3,(H,32,33)(H,34,35)(H,36,37)/b15-8?,19-12?,25-20+,26-21+. The first-order valence-corrected chi connectivity index (χ1v) is 16.2. The van der Waals surface area contributed by atoms with Crippen LogP contribution >= 0.6 is 46.2 Å². The Bertz CT molecular complexity index is 2190. The Morgan fingerprint density at radius 1 is 0.800 bits per heavy atom. The Labute approximate surface area is 268 Å². The number of hydrogen-bond acceptors (Lipinski definition) is 12. The smallest absolute Gasteiger partial charge is 0.323 e. The minimum absolute atomic E-state index is 0.0741. The number of allylic oxidation sites excluding steroid dienone is 1. The second-order valence-electron chi connectivity index (χ2n) is 9.50. The summed E-state index contributed by atoms with van der Waals surface area (Å²) in [6.07, 6.45) is 1.80. The van der Waals surface area contributed by atoms with Crippen LogP contribution in [-0.2, 0) is 32.3 Å². The van der Waals surface area contributed by atoms with E-state index >= 15 is 0 Å². The Kier molecular flexibility index (Phi) is 8.92. The van der Waals surface area contributed by atoms with Gasteiger partial charge in [0.1, 0.15) is 38.4 Å². The predicted octanol–water partition coefficient (Wildman–Crippen LogP) is 1.12. The van der Waals surface area contributed by atoms with Crippen LogP contribution in [-0.4, -0.2) is 71.5 Å². The van der Waals surface area contributed by atoms with Gasteiger partial charge in [0.05, 0.1) is 15.2 Å². The van der Waals surface area contributed by atoms with Crippen LogP contribution in [0.2, 0.25) is 0 Å². The number of carboxylic acids is 3. The number of aromatic nitrogens is 2. The highest BCUT2D eigenvalue weighted by atomic mass is 32.2. The highest BCUT2D eigenvalue weighted by Gasteiger charge is 2.38. The molecule has 1 saturated heterocycles. The molecule has 18 heteroatoms. The summed E-state index contributed by atoms with van der Waals surface area (Å²) in [6, 6.07) is 7.77. The van der Waals surface area contributed by atoms with E-state index in [1.807, 2.05) is 31.2 Å². The second-order valence-corrected chi connectivity index (χ2v) is 13.5. The lowest BCUT2D eigenvalue weighted by molar-refractivity contribution is -0.140. The van der Waals surface area contributed by atoms with Gasteiger partial charge in [-0.2, -0.15) is 0 Å². The van der Waals surface area contributed by atoms with Crippen LogP contribution in [0.3, 0.4) is 0 Å². The van der Waals surface area contributed by atoms with Gasteiger partial charge in [0.15, 0.2) is 0 Å². The van der Waals surface area contributed by atoms with E-state index in [-0.39, 0.29) is 23.3 Å². The number of nitrogens with zero attached hydrogens (tertiary/aromatic N) is 4. The Hall–Kier alpha value is -4.39. The number of imide groups is 1. The summed E-state index contributed by atoms with van der Waals surface area (Å²) in [7, 11) is 0. The Balaban J connectivity index is 1.82. The van der Waals surface area contributed by atoms with Crippen LogP contribution in [0, 0.1) is 9.20 Å². The number of hydrogen-bond donors (Lipinski definition) is 3. The number of aliphatic carboxylic acids is 3. The highest BCUT2D eigenvalue weighted by molar-refractivity contribution is 8.23. The number of para-hydroxylation sites is 1. The number of rotatable bonds is 8. The molecule has 3 N–H and O–H groups in total. The van der Waals surface area contributed by atoms with E-state index in [1.54, 1.807) is 13.0 Å². The summed E-state index contributed by atoms with van der Waals surface area (Å²) in [5, 5.41) is 28.1. The molecule has 0 unspecified atom stereocenters. The third-order valence-corrected chi connectivity index (χ3v) is 11.4. The molecule has 0 spiro atoms. The normalized spacial score (nSPS) is 18.1. The number of benzene rings is 1. The lowest BCUT2D eigenvalue weighted by Crippen LogP contribution is -2.35. The van der Waals surface area contributed by atoms with Gasteiger partial charge in [0.2, 0.25) is 0 Å². The van der Waals surface area contributed by atoms with E-state index in [0.29, 0.717) is 40.1 Å². The minimum atomic E-state index is -1.46.